The van der Waals surface area contributed by atoms with Crippen molar-refractivity contribution in [3.05, 3.63) is 12.2 Å². The number of carboxylic acids is 1. The molecule has 0 aliphatic rings. The molecule has 0 heterocycles. The highest BCUT2D eigenvalue weighted by Gasteiger charge is 2.08. The van der Waals surface area contributed by atoms with E-state index in [0.717, 1.165) is 19.3 Å². The molecule has 5 nitrogen and oxygen atoms in total. The van der Waals surface area contributed by atoms with Crippen LogP contribution in [0.5, 0.6) is 0 Å². The van der Waals surface area contributed by atoms with Crippen molar-refractivity contribution in [3.8, 4) is 0 Å². The van der Waals surface area contributed by atoms with Gasteiger partial charge in [-0.05, 0) is 19.3 Å². The number of nitrogens with two attached hydrogens (primary N) is 1. The van der Waals surface area contributed by atoms with Gasteiger partial charge < -0.3 is 21.1 Å². The van der Waals surface area contributed by atoms with E-state index in [2.05, 4.69) is 13.8 Å². The van der Waals surface area contributed by atoms with E-state index in [1.54, 1.807) is 6.08 Å². The second kappa shape index (κ2) is 35.1. The number of aliphatic hydroxyl groups excluding tert-OH is 2. The van der Waals surface area contributed by atoms with E-state index in [0.29, 0.717) is 6.42 Å². The van der Waals surface area contributed by atoms with E-state index in [1.165, 1.54) is 141 Å². The highest BCUT2D eigenvalue weighted by Crippen LogP contribution is 2.13. The Morgan fingerprint density at radius 1 is 0.615 bits per heavy atom. The summed E-state index contributed by atoms with van der Waals surface area (Å²) in [4.78, 5) is 10.3. The van der Waals surface area contributed by atoms with Crippen LogP contribution >= 0.6 is 0 Å². The largest absolute Gasteiger partial charge is 0.481 e. The van der Waals surface area contributed by atoms with Gasteiger partial charge in [-0.15, -0.1) is 0 Å². The van der Waals surface area contributed by atoms with E-state index >= 15 is 0 Å². The number of carboxylic acid groups (broad SMARTS) is 1. The minimum absolute atomic E-state index is 0.177. The zero-order chi connectivity index (χ0) is 29.2. The molecule has 0 aliphatic heterocycles. The van der Waals surface area contributed by atoms with E-state index in [1.807, 2.05) is 6.08 Å². The average Bonchev–Trinajstić information content (AvgIpc) is 2.93. The standard InChI is InChI=1S/C18H37NO2.C16H32O2/c1-2-3-4-5-6-7-8-9-10-11-12-13-14-15-18(21)17(19)16-20;1-2-3-4-5-6-7-8-9-10-11-12-13-14-15-16(17)18/h14-15,17-18,20-21H,2-13,16,19H2,1H3;2-15H2,1H3,(H,17,18)/b15-14+;. The quantitative estimate of drug-likeness (QED) is 0.0543. The van der Waals surface area contributed by atoms with Gasteiger partial charge in [0.2, 0.25) is 0 Å². The van der Waals surface area contributed by atoms with Crippen molar-refractivity contribution in [2.24, 2.45) is 5.73 Å². The van der Waals surface area contributed by atoms with Crippen LogP contribution in [-0.2, 0) is 4.79 Å². The Bertz CT molecular complexity index is 498. The number of rotatable bonds is 29. The van der Waals surface area contributed by atoms with Gasteiger partial charge in [-0.1, -0.05) is 167 Å². The lowest BCUT2D eigenvalue weighted by atomic mass is 10.0. The Morgan fingerprint density at radius 2 is 0.949 bits per heavy atom. The predicted molar refractivity (Wildman–Crippen MR) is 169 cm³/mol. The molecule has 5 N–H and O–H groups in total. The summed E-state index contributed by atoms with van der Waals surface area (Å²) in [6, 6.07) is -0.557. The molecular formula is C34H69NO4. The maximum absolute atomic E-state index is 10.3. The van der Waals surface area contributed by atoms with Gasteiger partial charge >= 0.3 is 5.97 Å². The average molecular weight is 556 g/mol. The summed E-state index contributed by atoms with van der Waals surface area (Å²) in [5.74, 6) is -0.655. The van der Waals surface area contributed by atoms with Gasteiger partial charge in [0, 0.05) is 6.42 Å². The normalized spacial score (nSPS) is 12.8. The zero-order valence-electron chi connectivity index (χ0n) is 26.2. The van der Waals surface area contributed by atoms with Gasteiger partial charge in [-0.3, -0.25) is 4.79 Å². The molecule has 0 radical (unpaired) electrons. The van der Waals surface area contributed by atoms with Gasteiger partial charge in [0.05, 0.1) is 18.8 Å². The van der Waals surface area contributed by atoms with Gasteiger partial charge in [0.1, 0.15) is 0 Å². The van der Waals surface area contributed by atoms with Crippen molar-refractivity contribution in [1.82, 2.24) is 0 Å². The molecule has 0 rings (SSSR count). The number of unbranched alkanes of at least 4 members (excludes halogenated alkanes) is 23. The Hall–Kier alpha value is -0.910. The van der Waals surface area contributed by atoms with Crippen molar-refractivity contribution in [1.29, 1.82) is 0 Å². The maximum Gasteiger partial charge on any atom is 0.303 e. The third-order valence-corrected chi connectivity index (χ3v) is 7.45. The second-order valence-electron chi connectivity index (χ2n) is 11.5. The lowest BCUT2D eigenvalue weighted by Crippen LogP contribution is -2.36. The summed E-state index contributed by atoms with van der Waals surface area (Å²) in [6.07, 6.45) is 36.1. The zero-order valence-corrected chi connectivity index (χ0v) is 26.2. The van der Waals surface area contributed by atoms with Crippen molar-refractivity contribution in [2.75, 3.05) is 6.61 Å². The third kappa shape index (κ3) is 37.1. The van der Waals surface area contributed by atoms with Crippen LogP contribution in [-0.4, -0.2) is 40.0 Å². The molecule has 2 atom stereocenters. The lowest BCUT2D eigenvalue weighted by Gasteiger charge is -2.11. The number of aliphatic carboxylic acids is 1. The van der Waals surface area contributed by atoms with E-state index < -0.39 is 18.1 Å². The van der Waals surface area contributed by atoms with Gasteiger partial charge in [0.25, 0.3) is 0 Å². The molecule has 0 saturated heterocycles. The first kappa shape index (κ1) is 40.2. The van der Waals surface area contributed by atoms with Gasteiger partial charge in [-0.2, -0.15) is 0 Å². The fourth-order valence-electron chi connectivity index (χ4n) is 4.71. The summed E-state index contributed by atoms with van der Waals surface area (Å²) in [5, 5.41) is 26.8. The van der Waals surface area contributed by atoms with Crippen LogP contribution in [0.3, 0.4) is 0 Å². The van der Waals surface area contributed by atoms with Crippen LogP contribution in [0.25, 0.3) is 0 Å². The van der Waals surface area contributed by atoms with Crippen molar-refractivity contribution >= 4 is 5.97 Å². The Morgan fingerprint density at radius 3 is 1.28 bits per heavy atom. The van der Waals surface area contributed by atoms with Crippen LogP contribution < -0.4 is 5.73 Å². The molecule has 0 aromatic carbocycles. The fraction of sp³-hybridized carbons (Fsp3) is 0.912. The number of hydrogen-bond donors (Lipinski definition) is 4. The Balaban J connectivity index is 0. The van der Waals surface area contributed by atoms with Crippen LogP contribution in [0, 0.1) is 0 Å². The molecule has 0 aromatic rings. The number of hydrogen-bond acceptors (Lipinski definition) is 4. The first-order valence-corrected chi connectivity index (χ1v) is 16.9. The number of allylic oxidation sites excluding steroid dienone is 1. The molecule has 0 amide bonds. The van der Waals surface area contributed by atoms with E-state index in [4.69, 9.17) is 15.9 Å². The lowest BCUT2D eigenvalue weighted by molar-refractivity contribution is -0.137. The fourth-order valence-corrected chi connectivity index (χ4v) is 4.71. The number of carbonyl (C=O) groups is 1. The molecule has 0 saturated carbocycles. The summed E-state index contributed by atoms with van der Waals surface area (Å²) in [5.41, 5.74) is 5.51. The van der Waals surface area contributed by atoms with Crippen molar-refractivity contribution in [3.63, 3.8) is 0 Å². The number of aliphatic hydroxyl groups is 2. The topological polar surface area (TPSA) is 104 Å². The monoisotopic (exact) mass is 556 g/mol. The molecule has 5 heteroatoms. The third-order valence-electron chi connectivity index (χ3n) is 7.45. The molecule has 0 fully saturated rings. The molecular weight excluding hydrogens is 486 g/mol. The first-order valence-electron chi connectivity index (χ1n) is 16.9. The van der Waals surface area contributed by atoms with Gasteiger partial charge in [-0.25, -0.2) is 0 Å². The summed E-state index contributed by atoms with van der Waals surface area (Å²) >= 11 is 0. The molecule has 0 spiro atoms. The van der Waals surface area contributed by atoms with Crippen molar-refractivity contribution in [2.45, 2.75) is 193 Å². The molecule has 0 bridgehead atoms. The van der Waals surface area contributed by atoms with Crippen molar-refractivity contribution < 1.29 is 20.1 Å². The molecule has 234 valence electrons. The van der Waals surface area contributed by atoms with E-state index in [9.17, 15) is 9.90 Å². The van der Waals surface area contributed by atoms with E-state index in [-0.39, 0.29) is 6.61 Å². The summed E-state index contributed by atoms with van der Waals surface area (Å²) < 4.78 is 0. The SMILES string of the molecule is CCCCCCCCCCCCC/C=C/C(O)C(N)CO.CCCCCCCCCCCCCCCC(=O)O. The Labute approximate surface area is 243 Å². The maximum atomic E-state index is 10.3. The molecule has 0 aliphatic carbocycles. The minimum atomic E-state index is -0.720. The molecule has 39 heavy (non-hydrogen) atoms. The van der Waals surface area contributed by atoms with Crippen LogP contribution in [0.15, 0.2) is 12.2 Å². The molecule has 0 aromatic heterocycles. The summed E-state index contributed by atoms with van der Waals surface area (Å²) in [6.45, 7) is 4.34. The highest BCUT2D eigenvalue weighted by atomic mass is 16.4. The Kier molecular flexibility index (Phi) is 36.2. The minimum Gasteiger partial charge on any atom is -0.481 e. The van der Waals surface area contributed by atoms with Gasteiger partial charge in [0.15, 0.2) is 0 Å². The second-order valence-corrected chi connectivity index (χ2v) is 11.5. The molecule has 2 unspecified atom stereocenters. The highest BCUT2D eigenvalue weighted by molar-refractivity contribution is 5.66. The van der Waals surface area contributed by atoms with Crippen LogP contribution in [0.4, 0.5) is 0 Å². The van der Waals surface area contributed by atoms with Crippen LogP contribution in [0.1, 0.15) is 181 Å². The van der Waals surface area contributed by atoms with Crippen LogP contribution in [0.2, 0.25) is 0 Å². The predicted octanol–water partition coefficient (Wildman–Crippen LogP) is 9.48. The first-order chi connectivity index (χ1) is 19.0. The summed E-state index contributed by atoms with van der Waals surface area (Å²) in [7, 11) is 0. The smallest absolute Gasteiger partial charge is 0.303 e.